The van der Waals surface area contributed by atoms with E-state index in [0.29, 0.717) is 24.6 Å². The van der Waals surface area contributed by atoms with Crippen LogP contribution in [0.25, 0.3) is 11.0 Å². The Morgan fingerprint density at radius 1 is 1.14 bits per heavy atom. The molecule has 0 aliphatic heterocycles. The van der Waals surface area contributed by atoms with Gasteiger partial charge in [-0.1, -0.05) is 48.9 Å². The highest BCUT2D eigenvalue weighted by Gasteiger charge is 2.32. The maximum atomic E-state index is 13.8. The molecule has 0 radical (unpaired) electrons. The molecule has 1 aliphatic rings. The third-order valence-electron chi connectivity index (χ3n) is 6.67. The molecule has 3 aromatic rings. The van der Waals surface area contributed by atoms with Crippen molar-refractivity contribution in [1.82, 2.24) is 30.2 Å². The van der Waals surface area contributed by atoms with Crippen LogP contribution in [-0.4, -0.2) is 49.8 Å². The molecule has 2 aromatic heterocycles. The summed E-state index contributed by atoms with van der Waals surface area (Å²) in [7, 11) is 0. The van der Waals surface area contributed by atoms with Gasteiger partial charge in [-0.2, -0.15) is 0 Å². The average molecular weight is 489 g/mol. The molecule has 36 heavy (non-hydrogen) atoms. The third-order valence-corrected chi connectivity index (χ3v) is 6.67. The second-order valence-corrected chi connectivity index (χ2v) is 9.84. The van der Waals surface area contributed by atoms with Crippen molar-refractivity contribution in [3.05, 3.63) is 66.0 Å². The van der Waals surface area contributed by atoms with E-state index in [4.69, 9.17) is 0 Å². The maximum absolute atomic E-state index is 13.8. The SMILES string of the molecule is CC(C)CCNC(=O)[C@H](c1cccnc1)N(CCC1=CCCCC1)C(=O)Cn1nnc2ccccc21. The molecule has 190 valence electrons. The van der Waals surface area contributed by atoms with E-state index >= 15 is 0 Å². The van der Waals surface area contributed by atoms with E-state index in [1.54, 1.807) is 28.0 Å². The van der Waals surface area contributed by atoms with Gasteiger partial charge in [-0.25, -0.2) is 4.68 Å². The molecule has 8 heteroatoms. The quantitative estimate of drug-likeness (QED) is 0.403. The highest BCUT2D eigenvalue weighted by atomic mass is 16.2. The van der Waals surface area contributed by atoms with Crippen LogP contribution in [0.1, 0.15) is 64.0 Å². The number of para-hydroxylation sites is 1. The molecule has 0 bridgehead atoms. The van der Waals surface area contributed by atoms with E-state index in [1.807, 2.05) is 30.3 Å². The van der Waals surface area contributed by atoms with Crippen LogP contribution in [0, 0.1) is 5.92 Å². The number of allylic oxidation sites excluding steroid dienone is 1. The number of carbonyl (C=O) groups is 2. The van der Waals surface area contributed by atoms with Gasteiger partial charge in [0.2, 0.25) is 11.8 Å². The molecule has 1 atom stereocenters. The van der Waals surface area contributed by atoms with Gasteiger partial charge in [0.25, 0.3) is 0 Å². The van der Waals surface area contributed by atoms with Crippen molar-refractivity contribution in [2.75, 3.05) is 13.1 Å². The zero-order chi connectivity index (χ0) is 25.3. The van der Waals surface area contributed by atoms with Crippen LogP contribution in [0.4, 0.5) is 0 Å². The highest BCUT2D eigenvalue weighted by molar-refractivity contribution is 5.89. The summed E-state index contributed by atoms with van der Waals surface area (Å²) in [5.41, 5.74) is 3.59. The topological polar surface area (TPSA) is 93.0 Å². The summed E-state index contributed by atoms with van der Waals surface area (Å²) in [6.45, 7) is 5.28. The Morgan fingerprint density at radius 2 is 2.00 bits per heavy atom. The average Bonchev–Trinajstić information content (AvgIpc) is 3.30. The number of pyridine rings is 1. The van der Waals surface area contributed by atoms with E-state index in [0.717, 1.165) is 36.7 Å². The lowest BCUT2D eigenvalue weighted by Crippen LogP contribution is -2.46. The third kappa shape index (κ3) is 6.56. The highest BCUT2D eigenvalue weighted by Crippen LogP contribution is 2.26. The zero-order valence-electron chi connectivity index (χ0n) is 21.3. The molecule has 4 rings (SSSR count). The molecule has 0 saturated heterocycles. The monoisotopic (exact) mass is 488 g/mol. The van der Waals surface area contributed by atoms with Crippen LogP contribution < -0.4 is 5.32 Å². The molecular weight excluding hydrogens is 452 g/mol. The summed E-state index contributed by atoms with van der Waals surface area (Å²) in [5, 5.41) is 11.5. The lowest BCUT2D eigenvalue weighted by atomic mass is 9.96. The Bertz CT molecular complexity index is 1190. The summed E-state index contributed by atoms with van der Waals surface area (Å²) in [6, 6.07) is 10.5. The number of hydrogen-bond donors (Lipinski definition) is 1. The normalized spacial score (nSPS) is 14.5. The van der Waals surface area contributed by atoms with Gasteiger partial charge < -0.3 is 10.2 Å². The number of aromatic nitrogens is 4. The molecule has 2 heterocycles. The van der Waals surface area contributed by atoms with Gasteiger partial charge >= 0.3 is 0 Å². The Hall–Kier alpha value is -3.55. The smallest absolute Gasteiger partial charge is 0.247 e. The van der Waals surface area contributed by atoms with Gasteiger partial charge in [-0.05, 0) is 62.6 Å². The van der Waals surface area contributed by atoms with E-state index < -0.39 is 6.04 Å². The molecule has 1 N–H and O–H groups in total. The first-order valence-electron chi connectivity index (χ1n) is 13.0. The number of amides is 2. The molecule has 0 fully saturated rings. The van der Waals surface area contributed by atoms with Crippen LogP contribution in [0.15, 0.2) is 60.4 Å². The molecule has 0 unspecified atom stereocenters. The summed E-state index contributed by atoms with van der Waals surface area (Å²) in [4.78, 5) is 33.4. The minimum atomic E-state index is -0.766. The molecule has 0 saturated carbocycles. The summed E-state index contributed by atoms with van der Waals surface area (Å²) >= 11 is 0. The number of fused-ring (bicyclic) bond motifs is 1. The summed E-state index contributed by atoms with van der Waals surface area (Å²) < 4.78 is 1.61. The van der Waals surface area contributed by atoms with Gasteiger partial charge in [0, 0.05) is 31.0 Å². The van der Waals surface area contributed by atoms with Gasteiger partial charge in [0.1, 0.15) is 18.1 Å². The molecular formula is C28H36N6O2. The fraction of sp³-hybridized carbons (Fsp3) is 0.464. The predicted molar refractivity (Wildman–Crippen MR) is 140 cm³/mol. The molecule has 2 amide bonds. The molecule has 1 aromatic carbocycles. The number of hydrogen-bond acceptors (Lipinski definition) is 5. The Morgan fingerprint density at radius 3 is 2.75 bits per heavy atom. The van der Waals surface area contributed by atoms with E-state index in [2.05, 4.69) is 40.5 Å². The van der Waals surface area contributed by atoms with Crippen molar-refractivity contribution in [3.63, 3.8) is 0 Å². The molecule has 8 nitrogen and oxygen atoms in total. The summed E-state index contributed by atoms with van der Waals surface area (Å²) in [5.74, 6) is 0.117. The first-order valence-corrected chi connectivity index (χ1v) is 13.0. The fourth-order valence-corrected chi connectivity index (χ4v) is 4.64. The van der Waals surface area contributed by atoms with Gasteiger partial charge in [0.15, 0.2) is 0 Å². The first kappa shape index (κ1) is 25.5. The van der Waals surface area contributed by atoms with E-state index in [9.17, 15) is 9.59 Å². The maximum Gasteiger partial charge on any atom is 0.247 e. The lowest BCUT2D eigenvalue weighted by molar-refractivity contribution is -0.141. The molecule has 0 spiro atoms. The number of nitrogens with one attached hydrogen (secondary N) is 1. The Labute approximate surface area is 212 Å². The second kappa shape index (κ2) is 12.4. The van der Waals surface area contributed by atoms with Crippen LogP contribution in [0.2, 0.25) is 0 Å². The van der Waals surface area contributed by atoms with E-state index in [1.165, 1.54) is 18.4 Å². The van der Waals surface area contributed by atoms with Crippen molar-refractivity contribution >= 4 is 22.8 Å². The van der Waals surface area contributed by atoms with Gasteiger partial charge in [-0.15, -0.1) is 5.10 Å². The Balaban J connectivity index is 1.62. The predicted octanol–water partition coefficient (Wildman–Crippen LogP) is 4.45. The number of benzene rings is 1. The first-order chi connectivity index (χ1) is 17.5. The molecule has 1 aliphatic carbocycles. The number of rotatable bonds is 11. The largest absolute Gasteiger partial charge is 0.354 e. The van der Waals surface area contributed by atoms with Crippen LogP contribution in [0.3, 0.4) is 0 Å². The van der Waals surface area contributed by atoms with Crippen LogP contribution in [0.5, 0.6) is 0 Å². The van der Waals surface area contributed by atoms with Crippen molar-refractivity contribution in [2.24, 2.45) is 5.92 Å². The fourth-order valence-electron chi connectivity index (χ4n) is 4.64. The summed E-state index contributed by atoms with van der Waals surface area (Å²) in [6.07, 6.45) is 11.8. The number of carbonyl (C=O) groups excluding carboxylic acids is 2. The Kier molecular flexibility index (Phi) is 8.81. The van der Waals surface area contributed by atoms with Crippen molar-refractivity contribution in [1.29, 1.82) is 0 Å². The second-order valence-electron chi connectivity index (χ2n) is 9.84. The van der Waals surface area contributed by atoms with Crippen molar-refractivity contribution < 1.29 is 9.59 Å². The van der Waals surface area contributed by atoms with Crippen molar-refractivity contribution in [2.45, 2.75) is 65.0 Å². The van der Waals surface area contributed by atoms with Gasteiger partial charge in [0.05, 0.1) is 5.52 Å². The zero-order valence-corrected chi connectivity index (χ0v) is 21.3. The number of nitrogens with zero attached hydrogens (tertiary/aromatic N) is 5. The standard InChI is InChI=1S/C28H36N6O2/c1-21(2)14-17-30-28(36)27(23-11-8-16-29-19-23)33(18-15-22-9-4-3-5-10-22)26(35)20-34-25-13-7-6-12-24(25)31-32-34/h6-9,11-13,16,19,21,27H,3-5,10,14-15,17-18,20H2,1-2H3,(H,30,36)/t27-/m0/s1. The van der Waals surface area contributed by atoms with Crippen LogP contribution >= 0.6 is 0 Å². The van der Waals surface area contributed by atoms with E-state index in [-0.39, 0.29) is 18.4 Å². The van der Waals surface area contributed by atoms with Crippen LogP contribution in [-0.2, 0) is 16.1 Å². The minimum Gasteiger partial charge on any atom is -0.354 e. The van der Waals surface area contributed by atoms with Gasteiger partial charge in [-0.3, -0.25) is 14.6 Å². The lowest BCUT2D eigenvalue weighted by Gasteiger charge is -2.32. The minimum absolute atomic E-state index is 0.00952. The van der Waals surface area contributed by atoms with Crippen molar-refractivity contribution in [3.8, 4) is 0 Å².